The Bertz CT molecular complexity index is 1430. The molecule has 3 unspecified atom stereocenters. The van der Waals surface area contributed by atoms with Crippen molar-refractivity contribution in [2.75, 3.05) is 40.9 Å². The molecule has 466 valence electrons. The van der Waals surface area contributed by atoms with Gasteiger partial charge in [0.05, 0.1) is 39.9 Å². The molecule has 3 N–H and O–H groups in total. The number of unbranched alkanes of at least 4 members (excludes halogenated alkanes) is 43. The number of phosphoric ester groups is 1. The zero-order chi connectivity index (χ0) is 57.7. The van der Waals surface area contributed by atoms with E-state index in [1.165, 1.54) is 250 Å². The highest BCUT2D eigenvalue weighted by Crippen LogP contribution is 2.43. The summed E-state index contributed by atoms with van der Waals surface area (Å²) in [5.74, 6) is -0.137. The Labute approximate surface area is 492 Å². The molecule has 79 heavy (non-hydrogen) atoms. The van der Waals surface area contributed by atoms with Gasteiger partial charge in [-0.3, -0.25) is 13.8 Å². The van der Waals surface area contributed by atoms with E-state index >= 15 is 0 Å². The molecule has 0 rings (SSSR count). The lowest BCUT2D eigenvalue weighted by molar-refractivity contribution is -0.870. The van der Waals surface area contributed by atoms with Gasteiger partial charge >= 0.3 is 7.82 Å². The number of nitrogens with one attached hydrogen (secondary N) is 1. The summed E-state index contributed by atoms with van der Waals surface area (Å²) in [6.45, 7) is 4.82. The van der Waals surface area contributed by atoms with Crippen molar-refractivity contribution in [3.05, 3.63) is 48.6 Å². The molecule has 0 aliphatic carbocycles. The van der Waals surface area contributed by atoms with Crippen LogP contribution >= 0.6 is 7.82 Å². The van der Waals surface area contributed by atoms with Crippen LogP contribution in [0.4, 0.5) is 0 Å². The average molecular weight is 1130 g/mol. The van der Waals surface area contributed by atoms with Crippen LogP contribution in [0.5, 0.6) is 0 Å². The van der Waals surface area contributed by atoms with E-state index in [9.17, 15) is 19.4 Å². The van der Waals surface area contributed by atoms with Crippen molar-refractivity contribution in [1.82, 2.24) is 5.32 Å². The van der Waals surface area contributed by atoms with E-state index in [-0.39, 0.29) is 19.1 Å². The Balaban J connectivity index is 3.84. The van der Waals surface area contributed by atoms with E-state index in [0.29, 0.717) is 23.9 Å². The molecular weight excluding hydrogens is 996 g/mol. The van der Waals surface area contributed by atoms with Gasteiger partial charge in [-0.1, -0.05) is 332 Å². The van der Waals surface area contributed by atoms with Crippen molar-refractivity contribution >= 4 is 13.7 Å². The Hall–Kier alpha value is -1.54. The minimum Gasteiger partial charge on any atom is -0.391 e. The second kappa shape index (κ2) is 61.0. The molecule has 0 aliphatic heterocycles. The van der Waals surface area contributed by atoms with Crippen LogP contribution in [0.3, 0.4) is 0 Å². The van der Waals surface area contributed by atoms with Gasteiger partial charge in [0.15, 0.2) is 0 Å². The second-order valence-corrected chi connectivity index (χ2v) is 26.3. The van der Waals surface area contributed by atoms with Crippen molar-refractivity contribution in [1.29, 1.82) is 0 Å². The minimum absolute atomic E-state index is 0.0771. The lowest BCUT2D eigenvalue weighted by Gasteiger charge is -2.26. The molecule has 0 heterocycles. The first-order chi connectivity index (χ1) is 38.5. The molecule has 0 fully saturated rings. The fourth-order valence-corrected chi connectivity index (χ4v) is 11.2. The Kier molecular flexibility index (Phi) is 59.8. The molecule has 8 nitrogen and oxygen atoms in total. The smallest absolute Gasteiger partial charge is 0.391 e. The topological polar surface area (TPSA) is 105 Å². The van der Waals surface area contributed by atoms with Gasteiger partial charge < -0.3 is 19.8 Å². The first-order valence-corrected chi connectivity index (χ1v) is 36.0. The van der Waals surface area contributed by atoms with Gasteiger partial charge in [-0.25, -0.2) is 4.57 Å². The highest BCUT2D eigenvalue weighted by atomic mass is 31.2. The number of carbonyl (C=O) groups is 1. The van der Waals surface area contributed by atoms with Gasteiger partial charge in [0.25, 0.3) is 0 Å². The van der Waals surface area contributed by atoms with E-state index in [4.69, 9.17) is 9.05 Å². The summed E-state index contributed by atoms with van der Waals surface area (Å²) in [5, 5.41) is 14.1. The summed E-state index contributed by atoms with van der Waals surface area (Å²) < 4.78 is 23.8. The third-order valence-corrected chi connectivity index (χ3v) is 16.8. The zero-order valence-electron chi connectivity index (χ0n) is 53.4. The molecule has 0 aromatic carbocycles. The summed E-state index contributed by atoms with van der Waals surface area (Å²) in [7, 11) is 1.63. The van der Waals surface area contributed by atoms with Crippen LogP contribution in [0.1, 0.15) is 341 Å². The van der Waals surface area contributed by atoms with E-state index < -0.39 is 20.0 Å². The first-order valence-electron chi connectivity index (χ1n) is 34.5. The number of amides is 1. The maximum atomic E-state index is 13.0. The Morgan fingerprint density at radius 2 is 0.759 bits per heavy atom. The van der Waals surface area contributed by atoms with Crippen LogP contribution in [0, 0.1) is 0 Å². The lowest BCUT2D eigenvalue weighted by Crippen LogP contribution is -2.46. The molecule has 0 aromatic rings. The number of likely N-dealkylation sites (N-methyl/N-ethyl adjacent to an activating group) is 1. The van der Waals surface area contributed by atoms with Crippen LogP contribution in [0.15, 0.2) is 48.6 Å². The molecule has 0 aliphatic rings. The SMILES string of the molecule is CC/C=C\C/C=C\C/C=C\C/C=C\CCCCCCCCCCCCCCCCCCCCCCCCCCCCCCC(=O)NC(COP(=O)(O)OCC[N+](C)(C)C)C(O)CCCCCCCCCCCCCCCCCC. The quantitative estimate of drug-likeness (QED) is 0.0243. The maximum Gasteiger partial charge on any atom is 0.472 e. The number of phosphoric acid groups is 1. The van der Waals surface area contributed by atoms with Crippen LogP contribution in [0.2, 0.25) is 0 Å². The van der Waals surface area contributed by atoms with E-state index in [2.05, 4.69) is 67.8 Å². The van der Waals surface area contributed by atoms with Crippen LogP contribution < -0.4 is 5.32 Å². The van der Waals surface area contributed by atoms with Crippen molar-refractivity contribution in [3.63, 3.8) is 0 Å². The number of quaternary nitrogens is 1. The predicted octanol–water partition coefficient (Wildman–Crippen LogP) is 21.8. The van der Waals surface area contributed by atoms with Crippen molar-refractivity contribution < 1.29 is 32.9 Å². The minimum atomic E-state index is -4.32. The number of allylic oxidation sites excluding steroid dienone is 8. The average Bonchev–Trinajstić information content (AvgIpc) is 3.42. The van der Waals surface area contributed by atoms with Gasteiger partial charge in [0.2, 0.25) is 5.91 Å². The first kappa shape index (κ1) is 77.5. The fraction of sp³-hybridized carbons (Fsp3) is 0.871. The van der Waals surface area contributed by atoms with Crippen molar-refractivity contribution in [2.45, 2.75) is 353 Å². The molecular formula is C70H136N2O6P+. The normalized spacial score (nSPS) is 14.0. The number of rotatable bonds is 64. The number of hydrogen-bond donors (Lipinski definition) is 3. The number of aliphatic hydroxyl groups excluding tert-OH is 1. The third-order valence-electron chi connectivity index (χ3n) is 15.8. The van der Waals surface area contributed by atoms with Gasteiger partial charge in [-0.05, 0) is 51.4 Å². The zero-order valence-corrected chi connectivity index (χ0v) is 54.3. The van der Waals surface area contributed by atoms with Crippen LogP contribution in [-0.4, -0.2) is 73.4 Å². The van der Waals surface area contributed by atoms with E-state index in [1.807, 2.05) is 21.1 Å². The number of hydrogen-bond acceptors (Lipinski definition) is 5. The molecule has 0 saturated carbocycles. The Morgan fingerprint density at radius 1 is 0.443 bits per heavy atom. The summed E-state index contributed by atoms with van der Waals surface area (Å²) in [6.07, 6.45) is 82.3. The lowest BCUT2D eigenvalue weighted by atomic mass is 10.0. The second-order valence-electron chi connectivity index (χ2n) is 24.9. The summed E-state index contributed by atoms with van der Waals surface area (Å²) in [6, 6.07) is -0.758. The highest BCUT2D eigenvalue weighted by Gasteiger charge is 2.28. The van der Waals surface area contributed by atoms with Gasteiger partial charge in [0, 0.05) is 6.42 Å². The molecule has 0 aromatic heterocycles. The number of nitrogens with zero attached hydrogens (tertiary/aromatic N) is 1. The highest BCUT2D eigenvalue weighted by molar-refractivity contribution is 7.47. The van der Waals surface area contributed by atoms with Gasteiger partial charge in [-0.15, -0.1) is 0 Å². The fourth-order valence-electron chi connectivity index (χ4n) is 10.5. The molecule has 3 atom stereocenters. The molecule has 0 bridgehead atoms. The summed E-state index contributed by atoms with van der Waals surface area (Å²) in [5.41, 5.74) is 0. The number of aliphatic hydroxyl groups is 1. The predicted molar refractivity (Wildman–Crippen MR) is 346 cm³/mol. The summed E-state index contributed by atoms with van der Waals surface area (Å²) in [4.78, 5) is 23.4. The molecule has 0 saturated heterocycles. The molecule has 0 radical (unpaired) electrons. The third kappa shape index (κ3) is 63.9. The molecule has 0 spiro atoms. The van der Waals surface area contributed by atoms with Crippen molar-refractivity contribution in [2.24, 2.45) is 0 Å². The van der Waals surface area contributed by atoms with Crippen molar-refractivity contribution in [3.8, 4) is 0 Å². The molecule has 9 heteroatoms. The molecule has 1 amide bonds. The van der Waals surface area contributed by atoms with Gasteiger partial charge in [0.1, 0.15) is 13.2 Å². The Morgan fingerprint density at radius 3 is 1.11 bits per heavy atom. The van der Waals surface area contributed by atoms with Crippen LogP contribution in [-0.2, 0) is 18.4 Å². The van der Waals surface area contributed by atoms with E-state index in [0.717, 1.165) is 64.2 Å². The number of carbonyl (C=O) groups excluding carboxylic acids is 1. The standard InChI is InChI=1S/C70H135N2O6P/c1-6-8-10-12-14-16-18-20-22-24-25-26-27-28-29-30-31-32-33-34-35-36-37-38-39-40-41-42-43-44-45-46-47-48-50-52-54-56-58-60-62-64-70(74)71-68(67-78-79(75,76)77-66-65-72(3,4)5)69(73)63-61-59-57-55-53-51-49-23-21-19-17-15-13-11-9-7-2/h8,10,14,16,20,22,25-26,68-69,73H,6-7,9,11-13,15,17-19,21,23-24,27-67H2,1-5H3,(H-,71,74,75,76)/p+1/b10-8-,16-14-,22-20-,26-25-. The largest absolute Gasteiger partial charge is 0.472 e. The monoisotopic (exact) mass is 1130 g/mol. The van der Waals surface area contributed by atoms with Gasteiger partial charge in [-0.2, -0.15) is 0 Å². The maximum absolute atomic E-state index is 13.0. The van der Waals surface area contributed by atoms with Crippen LogP contribution in [0.25, 0.3) is 0 Å². The summed E-state index contributed by atoms with van der Waals surface area (Å²) >= 11 is 0. The van der Waals surface area contributed by atoms with E-state index in [1.54, 1.807) is 0 Å².